The first-order valence-electron chi connectivity index (χ1n) is 5.04. The Kier molecular flexibility index (Phi) is 2.51. The molecule has 1 aliphatic heterocycles. The summed E-state index contributed by atoms with van der Waals surface area (Å²) in [5, 5.41) is 3.02. The average molecular weight is 221 g/mol. The van der Waals surface area contributed by atoms with E-state index in [1.54, 1.807) is 11.8 Å². The number of amides is 1. The molecule has 0 unspecified atom stereocenters. The Morgan fingerprint density at radius 2 is 2.13 bits per heavy atom. The van der Waals surface area contributed by atoms with Gasteiger partial charge in [0.1, 0.15) is 0 Å². The zero-order valence-corrected chi connectivity index (χ0v) is 10.1. The van der Waals surface area contributed by atoms with Crippen molar-refractivity contribution in [2.45, 2.75) is 25.7 Å². The Morgan fingerprint density at radius 3 is 2.87 bits per heavy atom. The van der Waals surface area contributed by atoms with Crippen LogP contribution in [0.2, 0.25) is 0 Å². The van der Waals surface area contributed by atoms with Crippen LogP contribution in [0, 0.1) is 12.3 Å². The molecule has 0 aromatic heterocycles. The number of anilines is 1. The summed E-state index contributed by atoms with van der Waals surface area (Å²) in [5.74, 6) is 0.943. The molecular formula is C12H15NOS. The highest BCUT2D eigenvalue weighted by Gasteiger charge is 2.31. The highest BCUT2D eigenvalue weighted by Crippen LogP contribution is 2.38. The second-order valence-corrected chi connectivity index (χ2v) is 5.59. The summed E-state index contributed by atoms with van der Waals surface area (Å²) in [6.07, 6.45) is 0. The minimum atomic E-state index is -0.296. The molecule has 0 fully saturated rings. The van der Waals surface area contributed by atoms with Crippen molar-refractivity contribution in [2.24, 2.45) is 5.41 Å². The monoisotopic (exact) mass is 221 g/mol. The summed E-state index contributed by atoms with van der Waals surface area (Å²) in [4.78, 5) is 13.1. The van der Waals surface area contributed by atoms with E-state index in [0.29, 0.717) is 0 Å². The number of benzene rings is 1. The van der Waals surface area contributed by atoms with Crippen LogP contribution in [0.5, 0.6) is 0 Å². The van der Waals surface area contributed by atoms with Gasteiger partial charge < -0.3 is 5.32 Å². The molecule has 0 radical (unpaired) electrons. The van der Waals surface area contributed by atoms with Gasteiger partial charge in [0.25, 0.3) is 0 Å². The predicted octanol–water partition coefficient (Wildman–Crippen LogP) is 3.07. The van der Waals surface area contributed by atoms with Gasteiger partial charge in [0.15, 0.2) is 0 Å². The van der Waals surface area contributed by atoms with Gasteiger partial charge in [0.05, 0.1) is 11.1 Å². The van der Waals surface area contributed by atoms with Crippen molar-refractivity contribution in [3.63, 3.8) is 0 Å². The van der Waals surface area contributed by atoms with E-state index in [0.717, 1.165) is 17.0 Å². The molecule has 2 nitrogen and oxygen atoms in total. The molecule has 0 atom stereocenters. The summed E-state index contributed by atoms with van der Waals surface area (Å²) in [7, 11) is 0. The Morgan fingerprint density at radius 1 is 1.40 bits per heavy atom. The van der Waals surface area contributed by atoms with E-state index in [1.807, 2.05) is 32.9 Å². The number of carbonyl (C=O) groups is 1. The number of fused-ring (bicyclic) bond motifs is 1. The Bertz CT molecular complexity index is 412. The van der Waals surface area contributed by atoms with Gasteiger partial charge in [0.2, 0.25) is 5.91 Å². The Labute approximate surface area is 94.4 Å². The van der Waals surface area contributed by atoms with Gasteiger partial charge >= 0.3 is 0 Å². The van der Waals surface area contributed by atoms with Crippen molar-refractivity contribution >= 4 is 23.4 Å². The molecule has 0 spiro atoms. The maximum absolute atomic E-state index is 11.9. The van der Waals surface area contributed by atoms with Crippen LogP contribution in [0.25, 0.3) is 0 Å². The van der Waals surface area contributed by atoms with Crippen LogP contribution in [-0.4, -0.2) is 11.7 Å². The van der Waals surface area contributed by atoms with Crippen LogP contribution < -0.4 is 5.32 Å². The molecule has 0 bridgehead atoms. The molecule has 1 N–H and O–H groups in total. The molecule has 1 aromatic carbocycles. The summed E-state index contributed by atoms with van der Waals surface area (Å²) in [6.45, 7) is 5.99. The SMILES string of the molecule is Cc1cccc2c1NC(=O)C(C)(C)CS2. The van der Waals surface area contributed by atoms with Crippen LogP contribution in [0.3, 0.4) is 0 Å². The van der Waals surface area contributed by atoms with Crippen LogP contribution in [0.1, 0.15) is 19.4 Å². The van der Waals surface area contributed by atoms with Gasteiger partial charge in [-0.15, -0.1) is 11.8 Å². The van der Waals surface area contributed by atoms with Crippen molar-refractivity contribution in [1.29, 1.82) is 0 Å². The zero-order chi connectivity index (χ0) is 11.1. The summed E-state index contributed by atoms with van der Waals surface area (Å²) in [5.41, 5.74) is 1.82. The van der Waals surface area contributed by atoms with Crippen molar-refractivity contribution < 1.29 is 4.79 Å². The van der Waals surface area contributed by atoms with E-state index in [1.165, 1.54) is 4.90 Å². The quantitative estimate of drug-likeness (QED) is 0.729. The topological polar surface area (TPSA) is 29.1 Å². The second-order valence-electron chi connectivity index (χ2n) is 4.57. The average Bonchev–Trinajstić information content (AvgIpc) is 2.28. The lowest BCUT2D eigenvalue weighted by Gasteiger charge is -2.19. The highest BCUT2D eigenvalue weighted by molar-refractivity contribution is 7.99. The summed E-state index contributed by atoms with van der Waals surface area (Å²) in [6, 6.07) is 6.12. The largest absolute Gasteiger partial charge is 0.324 e. The standard InChI is InChI=1S/C12H15NOS/c1-8-5-4-6-9-10(8)13-11(14)12(2,3)7-15-9/h4-6H,7H2,1-3H3,(H,13,14). The third-order valence-electron chi connectivity index (χ3n) is 2.68. The maximum Gasteiger partial charge on any atom is 0.230 e. The molecule has 1 aliphatic rings. The molecule has 0 aliphatic carbocycles. The van der Waals surface area contributed by atoms with Gasteiger partial charge in [-0.2, -0.15) is 0 Å². The van der Waals surface area contributed by atoms with E-state index < -0.39 is 0 Å². The molecule has 1 amide bonds. The number of thioether (sulfide) groups is 1. The minimum absolute atomic E-state index is 0.114. The number of hydrogen-bond acceptors (Lipinski definition) is 2. The third kappa shape index (κ3) is 1.88. The van der Waals surface area contributed by atoms with E-state index in [-0.39, 0.29) is 11.3 Å². The van der Waals surface area contributed by atoms with E-state index in [2.05, 4.69) is 11.4 Å². The number of carbonyl (C=O) groups excluding carboxylic acids is 1. The second kappa shape index (κ2) is 3.56. The number of hydrogen-bond donors (Lipinski definition) is 1. The van der Waals surface area contributed by atoms with E-state index in [4.69, 9.17) is 0 Å². The lowest BCUT2D eigenvalue weighted by atomic mass is 9.95. The maximum atomic E-state index is 11.9. The number of aryl methyl sites for hydroxylation is 1. The Hall–Kier alpha value is -0.960. The molecular weight excluding hydrogens is 206 g/mol. The molecule has 2 rings (SSSR count). The van der Waals surface area contributed by atoms with Crippen molar-refractivity contribution in [2.75, 3.05) is 11.1 Å². The highest BCUT2D eigenvalue weighted by atomic mass is 32.2. The van der Waals surface area contributed by atoms with Gasteiger partial charge in [-0.25, -0.2) is 0 Å². The van der Waals surface area contributed by atoms with Crippen LogP contribution in [0.15, 0.2) is 23.1 Å². The first-order chi connectivity index (χ1) is 7.00. The van der Waals surface area contributed by atoms with Gasteiger partial charge in [-0.05, 0) is 18.6 Å². The number of para-hydroxylation sites is 1. The predicted molar refractivity (Wildman–Crippen MR) is 64.3 cm³/mol. The van der Waals surface area contributed by atoms with Crippen molar-refractivity contribution in [3.8, 4) is 0 Å². The normalized spacial score (nSPS) is 19.0. The lowest BCUT2D eigenvalue weighted by molar-refractivity contribution is -0.122. The number of rotatable bonds is 0. The van der Waals surface area contributed by atoms with Crippen LogP contribution >= 0.6 is 11.8 Å². The third-order valence-corrected chi connectivity index (χ3v) is 4.19. The molecule has 0 saturated heterocycles. The van der Waals surface area contributed by atoms with E-state index in [9.17, 15) is 4.79 Å². The fourth-order valence-electron chi connectivity index (χ4n) is 1.53. The molecule has 1 heterocycles. The van der Waals surface area contributed by atoms with Gasteiger partial charge in [0, 0.05) is 10.6 Å². The first-order valence-corrected chi connectivity index (χ1v) is 6.03. The molecule has 3 heteroatoms. The minimum Gasteiger partial charge on any atom is -0.324 e. The molecule has 80 valence electrons. The number of nitrogens with one attached hydrogen (secondary N) is 1. The smallest absolute Gasteiger partial charge is 0.230 e. The van der Waals surface area contributed by atoms with Gasteiger partial charge in [-0.3, -0.25) is 4.79 Å². The molecule has 1 aromatic rings. The fourth-order valence-corrected chi connectivity index (χ4v) is 2.71. The fraction of sp³-hybridized carbons (Fsp3) is 0.417. The first kappa shape index (κ1) is 10.6. The molecule has 15 heavy (non-hydrogen) atoms. The summed E-state index contributed by atoms with van der Waals surface area (Å²) >= 11 is 1.75. The zero-order valence-electron chi connectivity index (χ0n) is 9.26. The van der Waals surface area contributed by atoms with Crippen LogP contribution in [-0.2, 0) is 4.79 Å². The van der Waals surface area contributed by atoms with E-state index >= 15 is 0 Å². The summed E-state index contributed by atoms with van der Waals surface area (Å²) < 4.78 is 0. The van der Waals surface area contributed by atoms with Crippen molar-refractivity contribution in [3.05, 3.63) is 23.8 Å². The van der Waals surface area contributed by atoms with Crippen molar-refractivity contribution in [1.82, 2.24) is 0 Å². The lowest BCUT2D eigenvalue weighted by Crippen LogP contribution is -2.31. The molecule has 0 saturated carbocycles. The van der Waals surface area contributed by atoms with Gasteiger partial charge in [-0.1, -0.05) is 26.0 Å². The Balaban J connectivity index is 2.45. The van der Waals surface area contributed by atoms with Crippen LogP contribution in [0.4, 0.5) is 5.69 Å².